The number of pyridine rings is 2. The quantitative estimate of drug-likeness (QED) is 0.261. The zero-order chi connectivity index (χ0) is 30.2. The van der Waals surface area contributed by atoms with E-state index in [4.69, 9.17) is 29.3 Å². The van der Waals surface area contributed by atoms with Crippen molar-refractivity contribution in [3.05, 3.63) is 83.6 Å². The molecule has 4 heterocycles. The second-order valence-corrected chi connectivity index (χ2v) is 11.1. The van der Waals surface area contributed by atoms with Gasteiger partial charge in [-0.3, -0.25) is 4.68 Å². The van der Waals surface area contributed by atoms with Crippen LogP contribution in [0.1, 0.15) is 23.1 Å². The maximum atomic E-state index is 11.5. The van der Waals surface area contributed by atoms with Crippen LogP contribution >= 0.6 is 0 Å². The maximum absolute atomic E-state index is 11.5. The average Bonchev–Trinajstić information content (AvgIpc) is 3.67. The first kappa shape index (κ1) is 27.7. The Bertz CT molecular complexity index is 1830. The average molecular weight is 591 g/mol. The fraction of sp³-hybridized carbons (Fsp3) is 0.294. The number of rotatable bonds is 8. The summed E-state index contributed by atoms with van der Waals surface area (Å²) in [5.41, 5.74) is 9.07. The summed E-state index contributed by atoms with van der Waals surface area (Å²) in [5.74, 6) is 2.35. The third-order valence-electron chi connectivity index (χ3n) is 8.47. The van der Waals surface area contributed by atoms with E-state index in [1.165, 1.54) is 11.1 Å². The van der Waals surface area contributed by atoms with E-state index in [-0.39, 0.29) is 6.10 Å². The Morgan fingerprint density at radius 2 is 1.84 bits per heavy atom. The molecule has 5 aromatic rings. The molecule has 3 aromatic heterocycles. The lowest BCUT2D eigenvalue weighted by Gasteiger charge is -2.39. The number of aryl methyl sites for hydroxylation is 1. The Kier molecular flexibility index (Phi) is 7.25. The molecule has 1 saturated heterocycles. The number of amides is 1. The van der Waals surface area contributed by atoms with Crippen LogP contribution in [-0.4, -0.2) is 66.3 Å². The molecule has 10 heteroatoms. The summed E-state index contributed by atoms with van der Waals surface area (Å²) in [6.45, 7) is 1.76. The minimum absolute atomic E-state index is 0.147. The second-order valence-electron chi connectivity index (χ2n) is 11.1. The highest BCUT2D eigenvalue weighted by Crippen LogP contribution is 2.39. The number of carbonyl (C=O) groups is 1. The van der Waals surface area contributed by atoms with Crippen LogP contribution in [0.3, 0.4) is 0 Å². The third-order valence-corrected chi connectivity index (χ3v) is 8.47. The minimum Gasteiger partial charge on any atom is -0.497 e. The van der Waals surface area contributed by atoms with Crippen molar-refractivity contribution in [1.82, 2.24) is 25.1 Å². The van der Waals surface area contributed by atoms with Gasteiger partial charge < -0.3 is 24.4 Å². The van der Waals surface area contributed by atoms with Crippen LogP contribution in [0.5, 0.6) is 11.5 Å². The highest BCUT2D eigenvalue weighted by molar-refractivity contribution is 5.93. The van der Waals surface area contributed by atoms with Crippen LogP contribution in [0.4, 0.5) is 10.6 Å². The molecule has 1 aliphatic carbocycles. The fourth-order valence-corrected chi connectivity index (χ4v) is 6.11. The molecular formula is C34H34N6O4. The molecule has 0 saturated carbocycles. The zero-order valence-corrected chi connectivity index (χ0v) is 25.0. The molecule has 0 bridgehead atoms. The number of aromatic nitrogens is 4. The first-order chi connectivity index (χ1) is 21.5. The van der Waals surface area contributed by atoms with Crippen LogP contribution in [0.25, 0.3) is 33.5 Å². The van der Waals surface area contributed by atoms with Crippen molar-refractivity contribution in [3.8, 4) is 34.0 Å². The number of hydrogen-bond acceptors (Lipinski definition) is 8. The number of ether oxygens (including phenoxy) is 3. The standard InChI is InChI=1S/C34H34N6O4/c1-35-34(41)44-25-19-39(20-25)30-15-12-23(17-36-30)31-33-28(40(38-31)18-21-10-13-24(42-2)14-11-21)16-29(43-3)32(37-33)27-9-5-7-22-6-4-8-26(22)27/h5,7,9-17,25H,4,6,8,18-20H2,1-3H3,(H,35,41). The van der Waals surface area contributed by atoms with Crippen molar-refractivity contribution in [2.75, 3.05) is 39.3 Å². The lowest BCUT2D eigenvalue weighted by molar-refractivity contribution is 0.0823. The van der Waals surface area contributed by atoms with E-state index in [0.717, 1.165) is 75.7 Å². The molecule has 10 nitrogen and oxygen atoms in total. The summed E-state index contributed by atoms with van der Waals surface area (Å²) in [5, 5.41) is 7.58. The van der Waals surface area contributed by atoms with E-state index in [9.17, 15) is 4.79 Å². The summed E-state index contributed by atoms with van der Waals surface area (Å²) in [6, 6.07) is 20.5. The molecule has 0 atom stereocenters. The van der Waals surface area contributed by atoms with Crippen LogP contribution in [0.2, 0.25) is 0 Å². The van der Waals surface area contributed by atoms with E-state index in [0.29, 0.717) is 19.6 Å². The van der Waals surface area contributed by atoms with E-state index in [1.807, 2.05) is 47.3 Å². The van der Waals surface area contributed by atoms with E-state index < -0.39 is 6.09 Å². The number of anilines is 1. The van der Waals surface area contributed by atoms with Gasteiger partial charge in [0.05, 0.1) is 39.4 Å². The molecule has 7 rings (SSSR count). The van der Waals surface area contributed by atoms with Gasteiger partial charge in [-0.05, 0) is 60.2 Å². The Labute approximate surface area is 255 Å². The van der Waals surface area contributed by atoms with E-state index >= 15 is 0 Å². The number of benzene rings is 2. The molecular weight excluding hydrogens is 556 g/mol. The molecule has 0 radical (unpaired) electrons. The Morgan fingerprint density at radius 1 is 1.00 bits per heavy atom. The SMILES string of the molecule is CNC(=O)OC1CN(c2ccc(-c3nn(Cc4ccc(OC)cc4)c4cc(OC)c(-c5cccc6c5CCC6)nc34)cn2)C1. The fourth-order valence-electron chi connectivity index (χ4n) is 6.11. The van der Waals surface area contributed by atoms with Gasteiger partial charge in [0, 0.05) is 30.4 Å². The predicted octanol–water partition coefficient (Wildman–Crippen LogP) is 5.26. The number of carbonyl (C=O) groups excluding carboxylic acids is 1. The van der Waals surface area contributed by atoms with Crippen LogP contribution in [0.15, 0.2) is 66.9 Å². The largest absolute Gasteiger partial charge is 0.497 e. The highest BCUT2D eigenvalue weighted by atomic mass is 16.6. The number of nitrogens with zero attached hydrogens (tertiary/aromatic N) is 5. The summed E-state index contributed by atoms with van der Waals surface area (Å²) in [6.07, 6.45) is 4.55. The van der Waals surface area contributed by atoms with Gasteiger partial charge in [-0.2, -0.15) is 5.10 Å². The molecule has 1 fully saturated rings. The Morgan fingerprint density at radius 3 is 2.57 bits per heavy atom. The molecule has 0 spiro atoms. The molecule has 1 amide bonds. The molecule has 1 N–H and O–H groups in total. The second kappa shape index (κ2) is 11.5. The van der Waals surface area contributed by atoms with Crippen molar-refractivity contribution in [1.29, 1.82) is 0 Å². The molecule has 44 heavy (non-hydrogen) atoms. The monoisotopic (exact) mass is 590 g/mol. The van der Waals surface area contributed by atoms with Crippen molar-refractivity contribution in [2.24, 2.45) is 0 Å². The lowest BCUT2D eigenvalue weighted by atomic mass is 9.99. The van der Waals surface area contributed by atoms with Crippen molar-refractivity contribution >= 4 is 22.9 Å². The number of fused-ring (bicyclic) bond motifs is 2. The zero-order valence-electron chi connectivity index (χ0n) is 25.0. The van der Waals surface area contributed by atoms with Gasteiger partial charge in [-0.1, -0.05) is 30.3 Å². The van der Waals surface area contributed by atoms with Crippen molar-refractivity contribution in [3.63, 3.8) is 0 Å². The predicted molar refractivity (Wildman–Crippen MR) is 168 cm³/mol. The van der Waals surface area contributed by atoms with Crippen molar-refractivity contribution < 1.29 is 19.0 Å². The normalized spacial score (nSPS) is 14.3. The first-order valence-electron chi connectivity index (χ1n) is 14.8. The highest BCUT2D eigenvalue weighted by Gasteiger charge is 2.31. The van der Waals surface area contributed by atoms with Crippen LogP contribution in [0, 0.1) is 0 Å². The summed E-state index contributed by atoms with van der Waals surface area (Å²) in [7, 11) is 4.92. The number of alkyl carbamates (subject to hydrolysis) is 1. The van der Waals surface area contributed by atoms with E-state index in [2.05, 4.69) is 34.5 Å². The minimum atomic E-state index is -0.418. The Balaban J connectivity index is 1.28. The van der Waals surface area contributed by atoms with Gasteiger partial charge in [0.15, 0.2) is 0 Å². The summed E-state index contributed by atoms with van der Waals surface area (Å²) < 4.78 is 18.6. The van der Waals surface area contributed by atoms with Gasteiger partial charge in [0.25, 0.3) is 0 Å². The lowest BCUT2D eigenvalue weighted by Crippen LogP contribution is -2.54. The van der Waals surface area contributed by atoms with Gasteiger partial charge in [0.1, 0.15) is 40.3 Å². The van der Waals surface area contributed by atoms with E-state index in [1.54, 1.807) is 21.3 Å². The summed E-state index contributed by atoms with van der Waals surface area (Å²) >= 11 is 0. The first-order valence-corrected chi connectivity index (χ1v) is 14.8. The molecule has 224 valence electrons. The van der Waals surface area contributed by atoms with Gasteiger partial charge in [0.2, 0.25) is 0 Å². The maximum Gasteiger partial charge on any atom is 0.407 e. The third kappa shape index (κ3) is 5.06. The van der Waals surface area contributed by atoms with Crippen LogP contribution < -0.4 is 19.7 Å². The topological polar surface area (TPSA) is 104 Å². The molecule has 2 aromatic carbocycles. The van der Waals surface area contributed by atoms with Crippen molar-refractivity contribution in [2.45, 2.75) is 31.9 Å². The van der Waals surface area contributed by atoms with Gasteiger partial charge in [-0.25, -0.2) is 14.8 Å². The molecule has 0 unspecified atom stereocenters. The molecule has 2 aliphatic rings. The number of methoxy groups -OCH3 is 2. The van der Waals surface area contributed by atoms with Crippen LogP contribution in [-0.2, 0) is 24.1 Å². The molecule has 1 aliphatic heterocycles. The smallest absolute Gasteiger partial charge is 0.407 e. The Hall–Kier alpha value is -5.12. The van der Waals surface area contributed by atoms with Gasteiger partial charge in [-0.15, -0.1) is 0 Å². The van der Waals surface area contributed by atoms with Gasteiger partial charge >= 0.3 is 6.09 Å². The number of hydrogen-bond donors (Lipinski definition) is 1. The summed E-state index contributed by atoms with van der Waals surface area (Å²) in [4.78, 5) is 23.6. The number of nitrogens with one attached hydrogen (secondary N) is 1.